The van der Waals surface area contributed by atoms with Crippen molar-refractivity contribution in [2.75, 3.05) is 13.2 Å². The minimum atomic E-state index is -1.22. The van der Waals surface area contributed by atoms with E-state index in [-0.39, 0.29) is 43.5 Å². The number of aliphatic hydroxyl groups excluding tert-OH is 1. The first kappa shape index (κ1) is 32.1. The van der Waals surface area contributed by atoms with Gasteiger partial charge in [0.25, 0.3) is 0 Å². The lowest BCUT2D eigenvalue weighted by molar-refractivity contribution is -0.150. The van der Waals surface area contributed by atoms with Gasteiger partial charge in [-0.2, -0.15) is 0 Å². The monoisotopic (exact) mass is 614 g/mol. The minimum absolute atomic E-state index is 0.0538. The van der Waals surface area contributed by atoms with Crippen LogP contribution in [0.4, 0.5) is 0 Å². The van der Waals surface area contributed by atoms with E-state index in [2.05, 4.69) is 20.4 Å². The fourth-order valence-electron chi connectivity index (χ4n) is 5.53. The Morgan fingerprint density at radius 3 is 2.24 bits per heavy atom. The number of esters is 1. The van der Waals surface area contributed by atoms with Crippen LogP contribution < -0.4 is 9.47 Å². The predicted octanol–water partition coefficient (Wildman–Crippen LogP) is 6.42. The first-order valence-electron chi connectivity index (χ1n) is 15.3. The van der Waals surface area contributed by atoms with Crippen LogP contribution in [0, 0.1) is 13.8 Å². The molecule has 2 aliphatic rings. The lowest BCUT2D eigenvalue weighted by atomic mass is 9.87. The Morgan fingerprint density at radius 1 is 0.956 bits per heavy atom. The molecule has 8 nitrogen and oxygen atoms in total. The molecule has 2 atom stereocenters. The summed E-state index contributed by atoms with van der Waals surface area (Å²) in [6.45, 7) is 12.7. The molecule has 0 unspecified atom stereocenters. The molecule has 0 amide bonds. The molecule has 0 radical (unpaired) electrons. The number of benzene rings is 3. The lowest BCUT2D eigenvalue weighted by Gasteiger charge is -2.36. The third-order valence-corrected chi connectivity index (χ3v) is 8.11. The van der Waals surface area contributed by atoms with Gasteiger partial charge in [-0.05, 0) is 62.8 Å². The molecule has 3 aromatic carbocycles. The van der Waals surface area contributed by atoms with E-state index in [9.17, 15) is 9.90 Å². The molecule has 0 aromatic heterocycles. The quantitative estimate of drug-likeness (QED) is 0.164. The lowest BCUT2D eigenvalue weighted by Crippen LogP contribution is -2.34. The summed E-state index contributed by atoms with van der Waals surface area (Å²) in [5, 5.41) is 11.3. The maximum atomic E-state index is 13.0. The molecule has 0 spiro atoms. The van der Waals surface area contributed by atoms with Gasteiger partial charge in [0, 0.05) is 11.1 Å². The molecule has 2 heterocycles. The Morgan fingerprint density at radius 2 is 1.60 bits per heavy atom. The average molecular weight is 615 g/mol. The first-order chi connectivity index (χ1) is 21.7. The molecule has 0 saturated carbocycles. The normalized spacial score (nSPS) is 17.6. The second kappa shape index (κ2) is 14.2. The average Bonchev–Trinajstić information content (AvgIpc) is 3.36. The van der Waals surface area contributed by atoms with Gasteiger partial charge in [0.15, 0.2) is 11.9 Å². The molecule has 0 bridgehead atoms. The Kier molecular flexibility index (Phi) is 10.2. The van der Waals surface area contributed by atoms with Crippen LogP contribution in [0.15, 0.2) is 84.8 Å². The number of hydrogen-bond acceptors (Lipinski definition) is 8. The van der Waals surface area contributed by atoms with Crippen molar-refractivity contribution < 1.29 is 38.3 Å². The highest BCUT2D eigenvalue weighted by molar-refractivity contribution is 5.89. The topological polar surface area (TPSA) is 92.7 Å². The van der Waals surface area contributed by atoms with Crippen molar-refractivity contribution in [3.8, 4) is 11.5 Å². The molecule has 45 heavy (non-hydrogen) atoms. The standard InChI is InChI=1S/C37H42O8/c1-6-19-41-31-24(2)25(3)32-28(17-18-37(4,5)45-32)29(31)22-40-23-30(38)33-34(42-20-26-13-9-7-10-14-26)35(36(39)44-33)43-21-27-15-11-8-12-16-27/h6-16,30,33,38H,1,17-23H2,2-5H3/t30-,33+/m0/s1. The Balaban J connectivity index is 1.35. The van der Waals surface area contributed by atoms with E-state index in [4.69, 9.17) is 28.4 Å². The number of rotatable bonds is 14. The number of hydrogen-bond donors (Lipinski definition) is 1. The number of cyclic esters (lactones) is 1. The van der Waals surface area contributed by atoms with E-state index in [1.165, 1.54) is 0 Å². The van der Waals surface area contributed by atoms with Crippen molar-refractivity contribution in [3.63, 3.8) is 0 Å². The zero-order valence-corrected chi connectivity index (χ0v) is 26.5. The van der Waals surface area contributed by atoms with Crippen molar-refractivity contribution in [2.45, 2.75) is 78.2 Å². The summed E-state index contributed by atoms with van der Waals surface area (Å²) in [7, 11) is 0. The zero-order valence-electron chi connectivity index (χ0n) is 26.5. The number of carbonyl (C=O) groups excluding carboxylic acids is 1. The summed E-state index contributed by atoms with van der Waals surface area (Å²) < 4.78 is 36.3. The first-order valence-corrected chi connectivity index (χ1v) is 15.3. The third kappa shape index (κ3) is 7.52. The Bertz CT molecular complexity index is 1530. The van der Waals surface area contributed by atoms with Crippen LogP contribution in [-0.2, 0) is 50.0 Å². The smallest absolute Gasteiger partial charge is 0.378 e. The van der Waals surface area contributed by atoms with E-state index in [0.717, 1.165) is 57.7 Å². The van der Waals surface area contributed by atoms with Gasteiger partial charge >= 0.3 is 5.97 Å². The van der Waals surface area contributed by atoms with Gasteiger partial charge in [-0.15, -0.1) is 0 Å². The van der Waals surface area contributed by atoms with Gasteiger partial charge in [0.05, 0.1) is 13.2 Å². The molecular formula is C37H42O8. The molecule has 1 N–H and O–H groups in total. The summed E-state index contributed by atoms with van der Waals surface area (Å²) in [6, 6.07) is 19.0. The number of aliphatic hydroxyl groups is 1. The van der Waals surface area contributed by atoms with Crippen LogP contribution in [0.3, 0.4) is 0 Å². The molecular weight excluding hydrogens is 572 g/mol. The summed E-state index contributed by atoms with van der Waals surface area (Å²) in [5.41, 5.74) is 5.42. The zero-order chi connectivity index (χ0) is 32.0. The highest BCUT2D eigenvalue weighted by Crippen LogP contribution is 2.44. The summed E-state index contributed by atoms with van der Waals surface area (Å²) in [6.07, 6.45) is 1.04. The van der Waals surface area contributed by atoms with E-state index >= 15 is 0 Å². The molecule has 2 aliphatic heterocycles. The van der Waals surface area contributed by atoms with Crippen LogP contribution in [-0.4, -0.2) is 42.1 Å². The maximum absolute atomic E-state index is 13.0. The van der Waals surface area contributed by atoms with Crippen molar-refractivity contribution in [1.29, 1.82) is 0 Å². The molecule has 8 heteroatoms. The minimum Gasteiger partial charge on any atom is -0.489 e. The highest BCUT2D eigenvalue weighted by Gasteiger charge is 2.42. The van der Waals surface area contributed by atoms with Gasteiger partial charge < -0.3 is 33.5 Å². The summed E-state index contributed by atoms with van der Waals surface area (Å²) >= 11 is 0. The third-order valence-electron chi connectivity index (χ3n) is 8.11. The summed E-state index contributed by atoms with van der Waals surface area (Å²) in [5.74, 6) is 0.992. The molecule has 238 valence electrons. The van der Waals surface area contributed by atoms with Gasteiger partial charge in [0.2, 0.25) is 5.76 Å². The number of ether oxygens (including phenoxy) is 6. The fraction of sp³-hybridized carbons (Fsp3) is 0.378. The molecule has 0 fully saturated rings. The Hall–Kier alpha value is -4.27. The number of carbonyl (C=O) groups is 1. The van der Waals surface area contributed by atoms with Crippen molar-refractivity contribution >= 4 is 5.97 Å². The van der Waals surface area contributed by atoms with Crippen LogP contribution in [0.25, 0.3) is 0 Å². The molecule has 3 aromatic rings. The largest absolute Gasteiger partial charge is 0.489 e. The highest BCUT2D eigenvalue weighted by atomic mass is 16.6. The molecule has 0 aliphatic carbocycles. The van der Waals surface area contributed by atoms with Gasteiger partial charge in [-0.1, -0.05) is 73.3 Å². The molecule has 0 saturated heterocycles. The second-order valence-corrected chi connectivity index (χ2v) is 12.0. The van der Waals surface area contributed by atoms with Crippen LogP contribution in [0.5, 0.6) is 11.5 Å². The van der Waals surface area contributed by atoms with E-state index < -0.39 is 18.2 Å². The predicted molar refractivity (Wildman–Crippen MR) is 170 cm³/mol. The van der Waals surface area contributed by atoms with Crippen molar-refractivity contribution in [3.05, 3.63) is 118 Å². The maximum Gasteiger partial charge on any atom is 0.378 e. The van der Waals surface area contributed by atoms with Crippen LogP contribution in [0.1, 0.15) is 53.6 Å². The van der Waals surface area contributed by atoms with Crippen LogP contribution >= 0.6 is 0 Å². The van der Waals surface area contributed by atoms with Crippen molar-refractivity contribution in [1.82, 2.24) is 0 Å². The fourth-order valence-corrected chi connectivity index (χ4v) is 5.53. The van der Waals surface area contributed by atoms with E-state index in [0.29, 0.717) is 6.61 Å². The number of fused-ring (bicyclic) bond motifs is 1. The Labute approximate surface area is 265 Å². The van der Waals surface area contributed by atoms with Crippen LogP contribution in [0.2, 0.25) is 0 Å². The molecule has 5 rings (SSSR count). The van der Waals surface area contributed by atoms with E-state index in [1.54, 1.807) is 6.08 Å². The van der Waals surface area contributed by atoms with Gasteiger partial charge in [-0.3, -0.25) is 0 Å². The van der Waals surface area contributed by atoms with Gasteiger partial charge in [-0.25, -0.2) is 4.79 Å². The van der Waals surface area contributed by atoms with Crippen molar-refractivity contribution in [2.24, 2.45) is 0 Å². The SMILES string of the molecule is C=CCOc1c(C)c(C)c2c(c1COC[C@H](O)[C@H]1OC(=O)C(OCc3ccccc3)=C1OCc1ccccc1)CCC(C)(C)O2. The second-order valence-electron chi connectivity index (χ2n) is 12.0. The van der Waals surface area contributed by atoms with Gasteiger partial charge in [0.1, 0.15) is 43.0 Å². The van der Waals surface area contributed by atoms with E-state index in [1.807, 2.05) is 74.5 Å². The summed E-state index contributed by atoms with van der Waals surface area (Å²) in [4.78, 5) is 13.0.